The standard InChI is InChI=1S/C22H22N2O8S/c1-13(2)19(23-33(28,29)14-7-8-17-18(11-14)31-10-9-30-17)22(27)32-12-24-20(25)15-5-3-4-6-16(15)21(24)26/h3-8,11,13,19,23H,9-10,12H2,1-2H3/t19-/m0/s1. The highest BCUT2D eigenvalue weighted by Gasteiger charge is 2.37. The number of nitrogens with zero attached hydrogens (tertiary/aromatic N) is 1. The molecular formula is C22H22N2O8S. The van der Waals surface area contributed by atoms with Gasteiger partial charge in [-0.3, -0.25) is 14.4 Å². The van der Waals surface area contributed by atoms with Crippen LogP contribution in [-0.2, 0) is 19.6 Å². The zero-order valence-electron chi connectivity index (χ0n) is 17.9. The number of sulfonamides is 1. The third-order valence-corrected chi connectivity index (χ3v) is 6.68. The largest absolute Gasteiger partial charge is 0.486 e. The van der Waals surface area contributed by atoms with E-state index in [9.17, 15) is 22.8 Å². The molecule has 0 unspecified atom stereocenters. The van der Waals surface area contributed by atoms with E-state index in [1.807, 2.05) is 0 Å². The molecule has 174 valence electrons. The quantitative estimate of drug-likeness (QED) is 0.473. The van der Waals surface area contributed by atoms with Crippen LogP contribution in [0.25, 0.3) is 0 Å². The average Bonchev–Trinajstić information content (AvgIpc) is 3.05. The first-order chi connectivity index (χ1) is 15.7. The first kappa shape index (κ1) is 22.7. The second-order valence-electron chi connectivity index (χ2n) is 7.82. The van der Waals surface area contributed by atoms with E-state index in [2.05, 4.69) is 4.72 Å². The fourth-order valence-electron chi connectivity index (χ4n) is 3.46. The molecule has 0 saturated heterocycles. The summed E-state index contributed by atoms with van der Waals surface area (Å²) in [7, 11) is -4.12. The Morgan fingerprint density at radius 2 is 1.64 bits per heavy atom. The number of imide groups is 1. The molecule has 4 rings (SSSR count). The van der Waals surface area contributed by atoms with Crippen LogP contribution in [0.5, 0.6) is 11.5 Å². The maximum atomic E-state index is 12.9. The van der Waals surface area contributed by atoms with Gasteiger partial charge < -0.3 is 14.2 Å². The molecule has 0 saturated carbocycles. The second kappa shape index (κ2) is 8.83. The Bertz CT molecular complexity index is 1190. The van der Waals surface area contributed by atoms with Crippen LogP contribution in [0.1, 0.15) is 34.6 Å². The number of carbonyl (C=O) groups is 3. The van der Waals surface area contributed by atoms with Gasteiger partial charge in [-0.2, -0.15) is 4.72 Å². The average molecular weight is 474 g/mol. The van der Waals surface area contributed by atoms with E-state index >= 15 is 0 Å². The van der Waals surface area contributed by atoms with Crippen LogP contribution in [0.15, 0.2) is 47.4 Å². The van der Waals surface area contributed by atoms with Gasteiger partial charge in [0.25, 0.3) is 11.8 Å². The minimum absolute atomic E-state index is 0.106. The van der Waals surface area contributed by atoms with Crippen LogP contribution in [0.2, 0.25) is 0 Å². The monoisotopic (exact) mass is 474 g/mol. The third kappa shape index (κ3) is 4.41. The van der Waals surface area contributed by atoms with Crippen molar-refractivity contribution in [1.82, 2.24) is 9.62 Å². The number of carbonyl (C=O) groups excluding carboxylic acids is 3. The molecule has 33 heavy (non-hydrogen) atoms. The van der Waals surface area contributed by atoms with Gasteiger partial charge in [0, 0.05) is 6.07 Å². The second-order valence-corrected chi connectivity index (χ2v) is 9.54. The smallest absolute Gasteiger partial charge is 0.326 e. The number of amides is 2. The van der Waals surface area contributed by atoms with Crippen molar-refractivity contribution >= 4 is 27.8 Å². The third-order valence-electron chi connectivity index (χ3n) is 5.24. The van der Waals surface area contributed by atoms with Gasteiger partial charge in [0.2, 0.25) is 10.0 Å². The lowest BCUT2D eigenvalue weighted by molar-refractivity contribution is -0.149. The number of rotatable bonds is 7. The van der Waals surface area contributed by atoms with Gasteiger partial charge in [-0.25, -0.2) is 13.3 Å². The molecule has 0 aromatic heterocycles. The summed E-state index contributed by atoms with van der Waals surface area (Å²) in [6, 6.07) is 9.16. The predicted octanol–water partition coefficient (Wildman–Crippen LogP) is 1.56. The lowest BCUT2D eigenvalue weighted by Crippen LogP contribution is -2.46. The SMILES string of the molecule is CC(C)[C@H](NS(=O)(=O)c1ccc2c(c1)OCCO2)C(=O)OCN1C(=O)c2ccccc2C1=O. The van der Waals surface area contributed by atoms with Crippen molar-refractivity contribution in [2.45, 2.75) is 24.8 Å². The fraction of sp³-hybridized carbons (Fsp3) is 0.318. The normalized spacial score (nSPS) is 16.0. The molecule has 2 aliphatic rings. The van der Waals surface area contributed by atoms with Crippen molar-refractivity contribution in [3.8, 4) is 11.5 Å². The molecule has 0 bridgehead atoms. The number of esters is 1. The molecule has 0 fully saturated rings. The summed E-state index contributed by atoms with van der Waals surface area (Å²) in [5.41, 5.74) is 0.441. The molecule has 2 aliphatic heterocycles. The Hall–Kier alpha value is -3.44. The molecule has 0 aliphatic carbocycles. The number of ether oxygens (including phenoxy) is 3. The lowest BCUT2D eigenvalue weighted by atomic mass is 10.1. The van der Waals surface area contributed by atoms with E-state index in [1.165, 1.54) is 30.3 Å². The Kier molecular flexibility index (Phi) is 6.09. The molecule has 2 amide bonds. The van der Waals surface area contributed by atoms with E-state index in [4.69, 9.17) is 14.2 Å². The zero-order valence-corrected chi connectivity index (χ0v) is 18.8. The summed E-state index contributed by atoms with van der Waals surface area (Å²) >= 11 is 0. The molecule has 1 atom stereocenters. The number of nitrogens with one attached hydrogen (secondary N) is 1. The topological polar surface area (TPSA) is 128 Å². The highest BCUT2D eigenvalue weighted by Crippen LogP contribution is 2.32. The summed E-state index contributed by atoms with van der Waals surface area (Å²) in [5, 5.41) is 0. The summed E-state index contributed by atoms with van der Waals surface area (Å²) in [6.45, 7) is 3.31. The van der Waals surface area contributed by atoms with E-state index in [1.54, 1.807) is 26.0 Å². The number of hydrogen-bond acceptors (Lipinski definition) is 8. The summed E-state index contributed by atoms with van der Waals surface area (Å²) < 4.78 is 44.2. The molecule has 2 aromatic carbocycles. The molecule has 11 heteroatoms. The highest BCUT2D eigenvalue weighted by molar-refractivity contribution is 7.89. The Balaban J connectivity index is 1.46. The van der Waals surface area contributed by atoms with Crippen LogP contribution < -0.4 is 14.2 Å². The van der Waals surface area contributed by atoms with Gasteiger partial charge in [0.15, 0.2) is 18.2 Å². The Labute approximate surface area is 190 Å². The van der Waals surface area contributed by atoms with E-state index < -0.39 is 46.5 Å². The van der Waals surface area contributed by atoms with E-state index in [0.29, 0.717) is 24.7 Å². The van der Waals surface area contributed by atoms with Gasteiger partial charge in [-0.05, 0) is 30.2 Å². The Morgan fingerprint density at radius 3 is 2.24 bits per heavy atom. The molecule has 2 aromatic rings. The van der Waals surface area contributed by atoms with Crippen LogP contribution in [-0.4, -0.2) is 57.1 Å². The summed E-state index contributed by atoms with van der Waals surface area (Å²) in [4.78, 5) is 38.3. The van der Waals surface area contributed by atoms with Crippen molar-refractivity contribution < 1.29 is 37.0 Å². The zero-order chi connectivity index (χ0) is 23.8. The molecular weight excluding hydrogens is 452 g/mol. The van der Waals surface area contributed by atoms with Crippen molar-refractivity contribution in [3.05, 3.63) is 53.6 Å². The predicted molar refractivity (Wildman–Crippen MR) is 114 cm³/mol. The fourth-order valence-corrected chi connectivity index (χ4v) is 4.80. The molecule has 1 N–H and O–H groups in total. The maximum Gasteiger partial charge on any atom is 0.326 e. The molecule has 0 radical (unpaired) electrons. The van der Waals surface area contributed by atoms with Crippen LogP contribution in [0.3, 0.4) is 0 Å². The molecule has 10 nitrogen and oxygen atoms in total. The molecule has 0 spiro atoms. The van der Waals surface area contributed by atoms with Gasteiger partial charge in [-0.15, -0.1) is 0 Å². The maximum absolute atomic E-state index is 12.9. The molecule has 2 heterocycles. The van der Waals surface area contributed by atoms with Crippen molar-refractivity contribution in [2.24, 2.45) is 5.92 Å². The van der Waals surface area contributed by atoms with Gasteiger partial charge in [-0.1, -0.05) is 26.0 Å². The first-order valence-electron chi connectivity index (χ1n) is 10.2. The number of hydrogen-bond donors (Lipinski definition) is 1. The van der Waals surface area contributed by atoms with Gasteiger partial charge >= 0.3 is 5.97 Å². The van der Waals surface area contributed by atoms with Crippen molar-refractivity contribution in [2.75, 3.05) is 19.9 Å². The minimum Gasteiger partial charge on any atom is -0.486 e. The number of benzene rings is 2. The summed E-state index contributed by atoms with van der Waals surface area (Å²) in [6.07, 6.45) is 0. The lowest BCUT2D eigenvalue weighted by Gasteiger charge is -2.23. The first-order valence-corrected chi connectivity index (χ1v) is 11.7. The van der Waals surface area contributed by atoms with Crippen molar-refractivity contribution in [1.29, 1.82) is 0 Å². The highest BCUT2D eigenvalue weighted by atomic mass is 32.2. The van der Waals surface area contributed by atoms with Crippen LogP contribution >= 0.6 is 0 Å². The van der Waals surface area contributed by atoms with Gasteiger partial charge in [0.05, 0.1) is 16.0 Å². The number of fused-ring (bicyclic) bond motifs is 2. The van der Waals surface area contributed by atoms with Crippen LogP contribution in [0.4, 0.5) is 0 Å². The Morgan fingerprint density at radius 1 is 1.03 bits per heavy atom. The van der Waals surface area contributed by atoms with E-state index in [0.717, 1.165) is 4.90 Å². The summed E-state index contributed by atoms with van der Waals surface area (Å²) in [5.74, 6) is -1.84. The minimum atomic E-state index is -4.12. The van der Waals surface area contributed by atoms with Gasteiger partial charge in [0.1, 0.15) is 19.3 Å². The van der Waals surface area contributed by atoms with E-state index in [-0.39, 0.29) is 16.0 Å². The van der Waals surface area contributed by atoms with Crippen LogP contribution in [0, 0.1) is 5.92 Å². The van der Waals surface area contributed by atoms with Crippen molar-refractivity contribution in [3.63, 3.8) is 0 Å².